The molecule has 1 atom stereocenters. The summed E-state index contributed by atoms with van der Waals surface area (Å²) in [6.45, 7) is 7.39. The Labute approximate surface area is 196 Å². The van der Waals surface area contributed by atoms with Crippen LogP contribution in [0.4, 0.5) is 0 Å². The monoisotopic (exact) mass is 456 g/mol. The Kier molecular flexibility index (Phi) is 7.49. The molecule has 0 spiro atoms. The molecule has 4 rings (SSSR count). The van der Waals surface area contributed by atoms with Crippen molar-refractivity contribution < 1.29 is 14.3 Å². The predicted molar refractivity (Wildman–Crippen MR) is 125 cm³/mol. The largest absolute Gasteiger partial charge is 0.493 e. The van der Waals surface area contributed by atoms with E-state index in [1.807, 2.05) is 19.1 Å². The molecule has 1 aromatic carbocycles. The summed E-state index contributed by atoms with van der Waals surface area (Å²) in [7, 11) is 5.42. The van der Waals surface area contributed by atoms with E-state index in [-0.39, 0.29) is 17.9 Å². The highest BCUT2D eigenvalue weighted by molar-refractivity contribution is 5.79. The van der Waals surface area contributed by atoms with Gasteiger partial charge in [0.2, 0.25) is 5.91 Å². The third kappa shape index (κ3) is 5.47. The lowest BCUT2D eigenvalue weighted by Crippen LogP contribution is -2.40. The van der Waals surface area contributed by atoms with Crippen molar-refractivity contribution in [1.29, 1.82) is 0 Å². The van der Waals surface area contributed by atoms with E-state index < -0.39 is 0 Å². The molecule has 2 aliphatic rings. The second kappa shape index (κ2) is 10.5. The van der Waals surface area contributed by atoms with Crippen molar-refractivity contribution in [2.45, 2.75) is 45.3 Å². The van der Waals surface area contributed by atoms with Crippen molar-refractivity contribution in [2.24, 2.45) is 5.92 Å². The van der Waals surface area contributed by atoms with Crippen LogP contribution in [0.25, 0.3) is 0 Å². The van der Waals surface area contributed by atoms with Crippen molar-refractivity contribution in [3.63, 3.8) is 0 Å². The summed E-state index contributed by atoms with van der Waals surface area (Å²) < 4.78 is 13.0. The van der Waals surface area contributed by atoms with Gasteiger partial charge in [0.1, 0.15) is 5.82 Å². The number of fused-ring (bicyclic) bond motifs is 1. The van der Waals surface area contributed by atoms with Crippen LogP contribution < -0.4 is 14.8 Å². The Bertz CT molecular complexity index is 954. The number of piperidine rings is 1. The van der Waals surface area contributed by atoms with Crippen LogP contribution in [-0.2, 0) is 24.3 Å². The molecule has 2 aromatic rings. The van der Waals surface area contributed by atoms with E-state index in [4.69, 9.17) is 9.47 Å². The van der Waals surface area contributed by atoms with Gasteiger partial charge >= 0.3 is 0 Å². The zero-order valence-corrected chi connectivity index (χ0v) is 20.2. The zero-order valence-electron chi connectivity index (χ0n) is 20.2. The molecular weight excluding hydrogens is 420 g/mol. The third-order valence-corrected chi connectivity index (χ3v) is 6.84. The number of nitrogens with zero attached hydrogens (tertiary/aromatic N) is 5. The van der Waals surface area contributed by atoms with E-state index in [1.54, 1.807) is 14.2 Å². The minimum atomic E-state index is -0.157. The van der Waals surface area contributed by atoms with Crippen LogP contribution in [0.2, 0.25) is 0 Å². The van der Waals surface area contributed by atoms with E-state index in [1.165, 1.54) is 5.56 Å². The predicted octanol–water partition coefficient (Wildman–Crippen LogP) is 1.87. The van der Waals surface area contributed by atoms with Crippen LogP contribution in [0.15, 0.2) is 18.2 Å². The molecule has 0 aliphatic carbocycles. The summed E-state index contributed by atoms with van der Waals surface area (Å²) in [5.41, 5.74) is 1.18. The summed E-state index contributed by atoms with van der Waals surface area (Å²) in [5.74, 6) is 3.55. The smallest absolute Gasteiger partial charge is 0.223 e. The van der Waals surface area contributed by atoms with Gasteiger partial charge in [-0.2, -0.15) is 0 Å². The number of aromatic nitrogens is 3. The Morgan fingerprint density at radius 1 is 1.09 bits per heavy atom. The van der Waals surface area contributed by atoms with Gasteiger partial charge in [-0.1, -0.05) is 6.07 Å². The van der Waals surface area contributed by atoms with E-state index in [0.29, 0.717) is 0 Å². The number of nitrogens with one attached hydrogen (secondary N) is 1. The topological polar surface area (TPSA) is 84.7 Å². The molecule has 9 heteroatoms. The second-order valence-electron chi connectivity index (χ2n) is 9.15. The molecule has 33 heavy (non-hydrogen) atoms. The molecule has 180 valence electrons. The van der Waals surface area contributed by atoms with Crippen LogP contribution >= 0.6 is 0 Å². The lowest BCUT2D eigenvalue weighted by atomic mass is 9.96. The quantitative estimate of drug-likeness (QED) is 0.681. The van der Waals surface area contributed by atoms with Gasteiger partial charge in [0, 0.05) is 38.5 Å². The van der Waals surface area contributed by atoms with Crippen LogP contribution in [-0.4, -0.2) is 77.9 Å². The second-order valence-corrected chi connectivity index (χ2v) is 9.15. The fraction of sp³-hybridized carbons (Fsp3) is 0.625. The number of amides is 1. The lowest BCUT2D eigenvalue weighted by molar-refractivity contribution is -0.127. The van der Waals surface area contributed by atoms with Gasteiger partial charge in [0.05, 0.1) is 20.3 Å². The van der Waals surface area contributed by atoms with Gasteiger partial charge in [0.25, 0.3) is 0 Å². The average molecular weight is 457 g/mol. The number of benzene rings is 1. The first-order valence-electron chi connectivity index (χ1n) is 11.8. The van der Waals surface area contributed by atoms with Crippen LogP contribution in [0.3, 0.4) is 0 Å². The summed E-state index contributed by atoms with van der Waals surface area (Å²) in [5, 5.41) is 12.1. The normalized spacial score (nSPS) is 18.9. The Hall–Kier alpha value is -2.65. The molecule has 1 N–H and O–H groups in total. The zero-order chi connectivity index (χ0) is 23.4. The van der Waals surface area contributed by atoms with Gasteiger partial charge < -0.3 is 24.3 Å². The number of likely N-dealkylation sites (tertiary alicyclic amines) is 1. The number of hydrogen-bond donors (Lipinski definition) is 1. The number of methoxy groups -OCH3 is 2. The number of carbonyl (C=O) groups is 1. The maximum atomic E-state index is 12.8. The maximum Gasteiger partial charge on any atom is 0.223 e. The minimum Gasteiger partial charge on any atom is -0.493 e. The van der Waals surface area contributed by atoms with E-state index in [9.17, 15) is 4.79 Å². The van der Waals surface area contributed by atoms with Gasteiger partial charge in [0.15, 0.2) is 17.3 Å². The first kappa shape index (κ1) is 23.5. The molecule has 9 nitrogen and oxygen atoms in total. The summed E-state index contributed by atoms with van der Waals surface area (Å²) in [4.78, 5) is 17.5. The highest BCUT2D eigenvalue weighted by Crippen LogP contribution is 2.28. The van der Waals surface area contributed by atoms with Crippen molar-refractivity contribution in [1.82, 2.24) is 29.9 Å². The first-order valence-corrected chi connectivity index (χ1v) is 11.8. The molecule has 0 unspecified atom stereocenters. The molecule has 1 fully saturated rings. The number of carbonyl (C=O) groups excluding carboxylic acids is 1. The highest BCUT2D eigenvalue weighted by Gasteiger charge is 2.27. The SMILES string of the molecule is COc1ccc(CN2CCc3nnc([C@@H](C)NC(=O)C4CCN(C)CC4)n3CC2)cc1OC. The Morgan fingerprint density at radius 2 is 1.85 bits per heavy atom. The first-order chi connectivity index (χ1) is 16.0. The summed E-state index contributed by atoms with van der Waals surface area (Å²) >= 11 is 0. The van der Waals surface area contributed by atoms with E-state index in [0.717, 1.165) is 81.7 Å². The summed E-state index contributed by atoms with van der Waals surface area (Å²) in [6.07, 6.45) is 2.66. The van der Waals surface area contributed by atoms with Gasteiger partial charge in [-0.3, -0.25) is 9.69 Å². The standard InChI is InChI=1S/C24H36N6O3/c1-17(25-24(31)19-7-10-28(2)11-8-19)23-27-26-22-9-12-29(13-14-30(22)23)16-18-5-6-20(32-3)21(15-18)33-4/h5-6,15,17,19H,7-14,16H2,1-4H3,(H,25,31)/t17-/m1/s1. The van der Waals surface area contributed by atoms with E-state index >= 15 is 0 Å². The van der Waals surface area contributed by atoms with Crippen LogP contribution in [0.1, 0.15) is 43.0 Å². The molecule has 1 amide bonds. The van der Waals surface area contributed by atoms with Gasteiger partial charge in [-0.25, -0.2) is 0 Å². The molecule has 0 radical (unpaired) electrons. The minimum absolute atomic E-state index is 0.0900. The van der Waals surface area contributed by atoms with Crippen molar-refractivity contribution >= 4 is 5.91 Å². The summed E-state index contributed by atoms with van der Waals surface area (Å²) in [6, 6.07) is 5.91. The lowest BCUT2D eigenvalue weighted by Gasteiger charge is -2.29. The average Bonchev–Trinajstić information content (AvgIpc) is 3.13. The Balaban J connectivity index is 1.37. The molecule has 0 bridgehead atoms. The fourth-order valence-corrected chi connectivity index (χ4v) is 4.77. The Morgan fingerprint density at radius 3 is 2.58 bits per heavy atom. The number of rotatable bonds is 7. The highest BCUT2D eigenvalue weighted by atomic mass is 16.5. The molecule has 1 saturated heterocycles. The maximum absolute atomic E-state index is 12.8. The van der Waals surface area contributed by atoms with Crippen molar-refractivity contribution in [3.05, 3.63) is 35.4 Å². The van der Waals surface area contributed by atoms with Crippen molar-refractivity contribution in [3.8, 4) is 11.5 Å². The van der Waals surface area contributed by atoms with Gasteiger partial charge in [-0.05, 0) is 57.6 Å². The van der Waals surface area contributed by atoms with Crippen LogP contribution in [0, 0.1) is 5.92 Å². The molecule has 3 heterocycles. The van der Waals surface area contributed by atoms with E-state index in [2.05, 4.69) is 43.0 Å². The van der Waals surface area contributed by atoms with Crippen molar-refractivity contribution in [2.75, 3.05) is 47.4 Å². The van der Waals surface area contributed by atoms with Gasteiger partial charge in [-0.15, -0.1) is 10.2 Å². The number of ether oxygens (including phenoxy) is 2. The fourth-order valence-electron chi connectivity index (χ4n) is 4.77. The molecule has 0 saturated carbocycles. The molecule has 2 aliphatic heterocycles. The number of hydrogen-bond acceptors (Lipinski definition) is 7. The molecule has 1 aromatic heterocycles. The third-order valence-electron chi connectivity index (χ3n) is 6.84. The van der Waals surface area contributed by atoms with Crippen LogP contribution in [0.5, 0.6) is 11.5 Å². The molecular formula is C24H36N6O3.